The first-order valence-corrected chi connectivity index (χ1v) is 6.75. The third kappa shape index (κ3) is 4.37. The lowest BCUT2D eigenvalue weighted by atomic mass is 10.0. The molecular weight excluding hydrogens is 303 g/mol. The summed E-state index contributed by atoms with van der Waals surface area (Å²) in [5.74, 6) is -1.30. The van der Waals surface area contributed by atoms with Crippen molar-refractivity contribution in [3.05, 3.63) is 27.7 Å². The molecule has 0 saturated carbocycles. The van der Waals surface area contributed by atoms with Crippen molar-refractivity contribution in [1.29, 1.82) is 0 Å². The van der Waals surface area contributed by atoms with Crippen molar-refractivity contribution in [2.24, 2.45) is 11.7 Å². The minimum atomic E-state index is -1.14. The van der Waals surface area contributed by atoms with Crippen LogP contribution < -0.4 is 11.1 Å². The van der Waals surface area contributed by atoms with Gasteiger partial charge < -0.3 is 16.2 Å². The van der Waals surface area contributed by atoms with E-state index in [1.165, 1.54) is 12.1 Å². The minimum Gasteiger partial charge on any atom is -0.478 e. The first-order valence-electron chi connectivity index (χ1n) is 6.00. The van der Waals surface area contributed by atoms with Crippen LogP contribution >= 0.6 is 23.2 Å². The fraction of sp³-hybridized carbons (Fsp3) is 0.385. The first kappa shape index (κ1) is 16.8. The number of nitrogens with two attached hydrogens (primary N) is 1. The SMILES string of the molecule is CC(C)C(N)CC(=O)Nc1c(Cl)cc(C(=O)O)cc1Cl. The number of hydrogen-bond acceptors (Lipinski definition) is 3. The molecule has 1 amide bonds. The predicted molar refractivity (Wildman–Crippen MR) is 79.5 cm³/mol. The second-order valence-electron chi connectivity index (χ2n) is 4.78. The fourth-order valence-corrected chi connectivity index (χ4v) is 2.04. The van der Waals surface area contributed by atoms with Crippen LogP contribution in [0.5, 0.6) is 0 Å². The van der Waals surface area contributed by atoms with Gasteiger partial charge in [-0.1, -0.05) is 37.0 Å². The number of carbonyl (C=O) groups excluding carboxylic acids is 1. The van der Waals surface area contributed by atoms with E-state index in [2.05, 4.69) is 5.32 Å². The summed E-state index contributed by atoms with van der Waals surface area (Å²) >= 11 is 11.9. The molecule has 0 aliphatic carbocycles. The van der Waals surface area contributed by atoms with E-state index in [0.717, 1.165) is 0 Å². The van der Waals surface area contributed by atoms with Gasteiger partial charge in [-0.15, -0.1) is 0 Å². The van der Waals surface area contributed by atoms with Gasteiger partial charge in [0.05, 0.1) is 21.3 Å². The molecule has 1 rings (SSSR count). The molecule has 0 saturated heterocycles. The number of carboxylic acid groups (broad SMARTS) is 1. The average molecular weight is 319 g/mol. The molecule has 0 aromatic heterocycles. The van der Waals surface area contributed by atoms with E-state index in [1.807, 2.05) is 13.8 Å². The van der Waals surface area contributed by atoms with Crippen LogP contribution in [0.2, 0.25) is 10.0 Å². The van der Waals surface area contributed by atoms with E-state index in [1.54, 1.807) is 0 Å². The average Bonchev–Trinajstić information content (AvgIpc) is 2.33. The number of anilines is 1. The highest BCUT2D eigenvalue weighted by Crippen LogP contribution is 2.32. The molecule has 0 spiro atoms. The Morgan fingerprint density at radius 1 is 1.30 bits per heavy atom. The summed E-state index contributed by atoms with van der Waals surface area (Å²) < 4.78 is 0. The van der Waals surface area contributed by atoms with Crippen LogP contribution in [0, 0.1) is 5.92 Å². The maximum Gasteiger partial charge on any atom is 0.335 e. The number of rotatable bonds is 5. The van der Waals surface area contributed by atoms with E-state index in [9.17, 15) is 9.59 Å². The molecule has 4 N–H and O–H groups in total. The van der Waals surface area contributed by atoms with Gasteiger partial charge in [0.15, 0.2) is 0 Å². The molecule has 110 valence electrons. The third-order valence-corrected chi connectivity index (χ3v) is 3.43. The quantitative estimate of drug-likeness (QED) is 0.778. The Morgan fingerprint density at radius 3 is 2.20 bits per heavy atom. The number of carboxylic acids is 1. The van der Waals surface area contributed by atoms with E-state index in [-0.39, 0.29) is 45.6 Å². The summed E-state index contributed by atoms with van der Waals surface area (Å²) in [6.07, 6.45) is 0.130. The Kier molecular flexibility index (Phi) is 5.80. The smallest absolute Gasteiger partial charge is 0.335 e. The van der Waals surface area contributed by atoms with E-state index >= 15 is 0 Å². The molecule has 5 nitrogen and oxygen atoms in total. The predicted octanol–water partition coefficient (Wildman–Crippen LogP) is 3.00. The summed E-state index contributed by atoms with van der Waals surface area (Å²) in [5.41, 5.74) is 5.96. The maximum atomic E-state index is 11.8. The zero-order chi connectivity index (χ0) is 15.4. The molecule has 0 radical (unpaired) electrons. The summed E-state index contributed by atoms with van der Waals surface area (Å²) in [7, 11) is 0. The second-order valence-corrected chi connectivity index (χ2v) is 5.59. The van der Waals surface area contributed by atoms with Gasteiger partial charge in [0.25, 0.3) is 0 Å². The highest BCUT2D eigenvalue weighted by atomic mass is 35.5. The Labute approximate surface area is 127 Å². The van der Waals surface area contributed by atoms with Gasteiger partial charge in [0, 0.05) is 12.5 Å². The van der Waals surface area contributed by atoms with Gasteiger partial charge in [0.2, 0.25) is 5.91 Å². The van der Waals surface area contributed by atoms with Crippen molar-refractivity contribution in [2.75, 3.05) is 5.32 Å². The third-order valence-electron chi connectivity index (χ3n) is 2.83. The van der Waals surface area contributed by atoms with Crippen molar-refractivity contribution >= 4 is 40.8 Å². The normalized spacial score (nSPS) is 12.3. The van der Waals surface area contributed by atoms with Crippen LogP contribution in [0.4, 0.5) is 5.69 Å². The Morgan fingerprint density at radius 2 is 1.80 bits per heavy atom. The standard InChI is InChI=1S/C13H16Cl2N2O3/c1-6(2)10(16)5-11(18)17-12-8(14)3-7(13(19)20)4-9(12)15/h3-4,6,10H,5,16H2,1-2H3,(H,17,18)(H,19,20). The highest BCUT2D eigenvalue weighted by Gasteiger charge is 2.17. The second kappa shape index (κ2) is 6.92. The number of halogens is 2. The van der Waals surface area contributed by atoms with Crippen molar-refractivity contribution in [3.63, 3.8) is 0 Å². The van der Waals surface area contributed by atoms with Gasteiger partial charge in [-0.2, -0.15) is 0 Å². The summed E-state index contributed by atoms with van der Waals surface area (Å²) in [6.45, 7) is 3.83. The minimum absolute atomic E-state index is 0.0446. The van der Waals surface area contributed by atoms with Crippen molar-refractivity contribution in [3.8, 4) is 0 Å². The summed E-state index contributed by atoms with van der Waals surface area (Å²) in [4.78, 5) is 22.7. The monoisotopic (exact) mass is 318 g/mol. The largest absolute Gasteiger partial charge is 0.478 e. The Balaban J connectivity index is 2.88. The number of hydrogen-bond donors (Lipinski definition) is 3. The topological polar surface area (TPSA) is 92.4 Å². The number of amides is 1. The zero-order valence-corrected chi connectivity index (χ0v) is 12.6. The molecule has 0 aliphatic rings. The molecule has 0 bridgehead atoms. The van der Waals surface area contributed by atoms with Gasteiger partial charge in [-0.25, -0.2) is 4.79 Å². The molecule has 0 fully saturated rings. The Hall–Kier alpha value is -1.30. The van der Waals surface area contributed by atoms with Crippen molar-refractivity contribution in [2.45, 2.75) is 26.3 Å². The van der Waals surface area contributed by atoms with Crippen LogP contribution in [-0.4, -0.2) is 23.0 Å². The van der Waals surface area contributed by atoms with Crippen LogP contribution in [-0.2, 0) is 4.79 Å². The molecule has 0 aliphatic heterocycles. The van der Waals surface area contributed by atoms with Crippen molar-refractivity contribution in [1.82, 2.24) is 0 Å². The summed E-state index contributed by atoms with van der Waals surface area (Å²) in [6, 6.07) is 2.19. The van der Waals surface area contributed by atoms with Crippen LogP contribution in [0.25, 0.3) is 0 Å². The van der Waals surface area contributed by atoms with Gasteiger partial charge in [-0.05, 0) is 18.1 Å². The van der Waals surface area contributed by atoms with E-state index < -0.39 is 5.97 Å². The number of aromatic carboxylic acids is 1. The highest BCUT2D eigenvalue weighted by molar-refractivity contribution is 6.40. The van der Waals surface area contributed by atoms with Gasteiger partial charge in [0.1, 0.15) is 0 Å². The fourth-order valence-electron chi connectivity index (χ4n) is 1.46. The molecule has 0 heterocycles. The molecule has 1 aromatic carbocycles. The maximum absolute atomic E-state index is 11.8. The molecule has 1 aromatic rings. The molecule has 20 heavy (non-hydrogen) atoms. The molecular formula is C13H16Cl2N2O3. The number of benzene rings is 1. The van der Waals surface area contributed by atoms with Crippen LogP contribution in [0.15, 0.2) is 12.1 Å². The van der Waals surface area contributed by atoms with Gasteiger partial charge in [-0.3, -0.25) is 4.79 Å². The lowest BCUT2D eigenvalue weighted by Gasteiger charge is -2.16. The van der Waals surface area contributed by atoms with E-state index in [4.69, 9.17) is 34.0 Å². The zero-order valence-electron chi connectivity index (χ0n) is 11.1. The lowest BCUT2D eigenvalue weighted by molar-refractivity contribution is -0.116. The van der Waals surface area contributed by atoms with Crippen molar-refractivity contribution < 1.29 is 14.7 Å². The summed E-state index contributed by atoms with van der Waals surface area (Å²) in [5, 5.41) is 11.6. The molecule has 7 heteroatoms. The Bertz CT molecular complexity index is 509. The number of nitrogens with one attached hydrogen (secondary N) is 1. The van der Waals surface area contributed by atoms with Crippen LogP contribution in [0.3, 0.4) is 0 Å². The molecule has 1 atom stereocenters. The number of carbonyl (C=O) groups is 2. The lowest BCUT2D eigenvalue weighted by Crippen LogP contribution is -2.31. The van der Waals surface area contributed by atoms with E-state index in [0.29, 0.717) is 0 Å². The molecule has 1 unspecified atom stereocenters. The van der Waals surface area contributed by atoms with Gasteiger partial charge >= 0.3 is 5.97 Å². The van der Waals surface area contributed by atoms with Crippen LogP contribution in [0.1, 0.15) is 30.6 Å². The first-order chi connectivity index (χ1) is 9.22.